The van der Waals surface area contributed by atoms with E-state index in [1.807, 2.05) is 13.0 Å². The van der Waals surface area contributed by atoms with Gasteiger partial charge in [0.15, 0.2) is 6.61 Å². The predicted molar refractivity (Wildman–Crippen MR) is 97.0 cm³/mol. The van der Waals surface area contributed by atoms with Gasteiger partial charge in [-0.3, -0.25) is 4.79 Å². The lowest BCUT2D eigenvalue weighted by Crippen LogP contribution is -2.34. The number of esters is 1. The van der Waals surface area contributed by atoms with Gasteiger partial charge in [0.1, 0.15) is 4.90 Å². The average Bonchev–Trinajstić information content (AvgIpc) is 2.60. The summed E-state index contributed by atoms with van der Waals surface area (Å²) in [6, 6.07) is 3.59. The number of carbonyl (C=O) groups excluding carboxylic acids is 2. The third-order valence-electron chi connectivity index (χ3n) is 4.03. The van der Waals surface area contributed by atoms with Crippen LogP contribution in [0, 0.1) is 0 Å². The normalized spacial score (nSPS) is 14.5. The molecule has 0 spiro atoms. The van der Waals surface area contributed by atoms with Gasteiger partial charge in [0.2, 0.25) is 10.0 Å². The van der Waals surface area contributed by atoms with Crippen LogP contribution in [0.15, 0.2) is 34.9 Å². The molecule has 0 saturated carbocycles. The second kappa shape index (κ2) is 8.66. The quantitative estimate of drug-likeness (QED) is 0.738. The number of amides is 1. The van der Waals surface area contributed by atoms with Crippen LogP contribution in [0.4, 0.5) is 0 Å². The fraction of sp³-hybridized carbons (Fsp3) is 0.412. The first-order chi connectivity index (χ1) is 12.2. The van der Waals surface area contributed by atoms with Gasteiger partial charge in [0.25, 0.3) is 5.91 Å². The summed E-state index contributed by atoms with van der Waals surface area (Å²) >= 11 is 5.78. The van der Waals surface area contributed by atoms with E-state index in [9.17, 15) is 18.0 Å². The number of benzene rings is 1. The topological polar surface area (TPSA) is 107 Å². The van der Waals surface area contributed by atoms with Crippen LogP contribution in [0.2, 0.25) is 5.02 Å². The zero-order valence-electron chi connectivity index (χ0n) is 14.4. The van der Waals surface area contributed by atoms with E-state index in [1.54, 1.807) is 4.90 Å². The second-order valence-electron chi connectivity index (χ2n) is 5.85. The minimum Gasteiger partial charge on any atom is -0.452 e. The number of halogens is 1. The molecule has 0 fully saturated rings. The van der Waals surface area contributed by atoms with Crippen LogP contribution in [-0.2, 0) is 19.6 Å². The average molecular weight is 401 g/mol. The van der Waals surface area contributed by atoms with Crippen molar-refractivity contribution in [1.29, 1.82) is 0 Å². The summed E-state index contributed by atoms with van der Waals surface area (Å²) < 4.78 is 28.0. The summed E-state index contributed by atoms with van der Waals surface area (Å²) in [7, 11) is -4.08. The molecule has 1 aliphatic carbocycles. The van der Waals surface area contributed by atoms with Crippen LogP contribution in [0.5, 0.6) is 0 Å². The zero-order chi connectivity index (χ0) is 19.3. The fourth-order valence-electron chi connectivity index (χ4n) is 2.74. The lowest BCUT2D eigenvalue weighted by Gasteiger charge is -2.26. The van der Waals surface area contributed by atoms with Crippen molar-refractivity contribution in [1.82, 2.24) is 4.90 Å². The largest absolute Gasteiger partial charge is 0.452 e. The van der Waals surface area contributed by atoms with Gasteiger partial charge in [-0.1, -0.05) is 17.7 Å². The van der Waals surface area contributed by atoms with E-state index in [0.717, 1.165) is 37.4 Å². The monoisotopic (exact) mass is 400 g/mol. The first-order valence-corrected chi connectivity index (χ1v) is 10.2. The lowest BCUT2D eigenvalue weighted by atomic mass is 10.0. The Morgan fingerprint density at radius 1 is 1.31 bits per heavy atom. The van der Waals surface area contributed by atoms with E-state index < -0.39 is 22.6 Å². The van der Waals surface area contributed by atoms with Crippen LogP contribution >= 0.6 is 11.6 Å². The van der Waals surface area contributed by atoms with Crippen molar-refractivity contribution in [2.24, 2.45) is 5.14 Å². The smallest absolute Gasteiger partial charge is 0.338 e. The fourth-order valence-corrected chi connectivity index (χ4v) is 3.81. The number of primary sulfonamides is 1. The highest BCUT2D eigenvalue weighted by atomic mass is 35.5. The Morgan fingerprint density at radius 2 is 2.04 bits per heavy atom. The molecule has 26 heavy (non-hydrogen) atoms. The summed E-state index contributed by atoms with van der Waals surface area (Å²) in [5, 5.41) is 4.96. The summed E-state index contributed by atoms with van der Waals surface area (Å²) in [5.41, 5.74) is 0.897. The maximum Gasteiger partial charge on any atom is 0.338 e. The SMILES string of the molecule is CCN(C(=O)COC(=O)c1ccc(Cl)c(S(N)(=O)=O)c1)C1=CCCCC1. The van der Waals surface area contributed by atoms with Crippen molar-refractivity contribution in [2.75, 3.05) is 13.2 Å². The number of carbonyl (C=O) groups is 2. The Hall–Kier alpha value is -1.90. The number of hydrogen-bond acceptors (Lipinski definition) is 5. The second-order valence-corrected chi connectivity index (χ2v) is 7.78. The van der Waals surface area contributed by atoms with Crippen LogP contribution in [-0.4, -0.2) is 38.3 Å². The van der Waals surface area contributed by atoms with Gasteiger partial charge in [-0.25, -0.2) is 18.4 Å². The Kier molecular flexibility index (Phi) is 6.80. The molecule has 0 heterocycles. The van der Waals surface area contributed by atoms with Gasteiger partial charge in [-0.2, -0.15) is 0 Å². The summed E-state index contributed by atoms with van der Waals surface area (Å²) in [5.74, 6) is -1.15. The van der Waals surface area contributed by atoms with Crippen LogP contribution in [0.1, 0.15) is 43.0 Å². The van der Waals surface area contributed by atoms with Gasteiger partial charge in [0.05, 0.1) is 10.6 Å². The number of nitrogens with zero attached hydrogens (tertiary/aromatic N) is 1. The van der Waals surface area contributed by atoms with Gasteiger partial charge in [0, 0.05) is 12.2 Å². The highest BCUT2D eigenvalue weighted by Crippen LogP contribution is 2.23. The zero-order valence-corrected chi connectivity index (χ0v) is 16.0. The van der Waals surface area contributed by atoms with Gasteiger partial charge >= 0.3 is 5.97 Å². The lowest BCUT2D eigenvalue weighted by molar-refractivity contribution is -0.132. The highest BCUT2D eigenvalue weighted by Gasteiger charge is 2.21. The molecule has 2 rings (SSSR count). The summed E-state index contributed by atoms with van der Waals surface area (Å²) in [6.45, 7) is 1.91. The molecule has 7 nitrogen and oxygen atoms in total. The molecule has 0 bridgehead atoms. The summed E-state index contributed by atoms with van der Waals surface area (Å²) in [6.07, 6.45) is 5.91. The number of sulfonamides is 1. The van der Waals surface area contributed by atoms with Crippen molar-refractivity contribution in [2.45, 2.75) is 37.5 Å². The number of likely N-dealkylation sites (N-methyl/N-ethyl adjacent to an activating group) is 1. The standard InChI is InChI=1S/C17H21ClN2O5S/c1-2-20(13-6-4-3-5-7-13)16(21)11-25-17(22)12-8-9-14(18)15(10-12)26(19,23)24/h6,8-10H,2-5,7,11H2,1H3,(H2,19,23,24). The Balaban J connectivity index is 2.06. The summed E-state index contributed by atoms with van der Waals surface area (Å²) in [4.78, 5) is 25.7. The van der Waals surface area contributed by atoms with Crippen LogP contribution < -0.4 is 5.14 Å². The van der Waals surface area contributed by atoms with E-state index >= 15 is 0 Å². The number of hydrogen-bond donors (Lipinski definition) is 1. The molecule has 0 atom stereocenters. The molecule has 0 saturated heterocycles. The minimum absolute atomic E-state index is 0.0499. The van der Waals surface area contributed by atoms with Gasteiger partial charge in [-0.15, -0.1) is 0 Å². The molecule has 142 valence electrons. The van der Waals surface area contributed by atoms with Crippen molar-refractivity contribution in [3.8, 4) is 0 Å². The van der Waals surface area contributed by atoms with Gasteiger partial charge in [-0.05, 0) is 50.8 Å². The van der Waals surface area contributed by atoms with E-state index in [1.165, 1.54) is 12.1 Å². The molecule has 1 aliphatic rings. The Labute approximate surface area is 157 Å². The molecule has 0 aliphatic heterocycles. The van der Waals surface area contributed by atoms with E-state index in [4.69, 9.17) is 21.5 Å². The highest BCUT2D eigenvalue weighted by molar-refractivity contribution is 7.89. The molecule has 0 radical (unpaired) electrons. The minimum atomic E-state index is -4.08. The number of allylic oxidation sites excluding steroid dienone is 2. The Morgan fingerprint density at radius 3 is 2.62 bits per heavy atom. The van der Waals surface area contributed by atoms with Crippen molar-refractivity contribution < 1.29 is 22.7 Å². The maximum atomic E-state index is 12.4. The predicted octanol–water partition coefficient (Wildman–Crippen LogP) is 2.45. The molecule has 0 aromatic heterocycles. The first kappa shape index (κ1) is 20.4. The van der Waals surface area contributed by atoms with Crippen molar-refractivity contribution >= 4 is 33.5 Å². The van der Waals surface area contributed by atoms with Crippen molar-refractivity contribution in [3.63, 3.8) is 0 Å². The van der Waals surface area contributed by atoms with E-state index in [2.05, 4.69) is 0 Å². The molecule has 1 aromatic rings. The maximum absolute atomic E-state index is 12.4. The third kappa shape index (κ3) is 5.06. The molecule has 1 amide bonds. The molecular formula is C17H21ClN2O5S. The van der Waals surface area contributed by atoms with E-state index in [-0.39, 0.29) is 21.4 Å². The molecular weight excluding hydrogens is 380 g/mol. The van der Waals surface area contributed by atoms with E-state index in [0.29, 0.717) is 6.54 Å². The first-order valence-electron chi connectivity index (χ1n) is 8.23. The number of ether oxygens (including phenoxy) is 1. The number of nitrogens with two attached hydrogens (primary N) is 1. The van der Waals surface area contributed by atoms with Crippen molar-refractivity contribution in [3.05, 3.63) is 40.6 Å². The van der Waals surface area contributed by atoms with Gasteiger partial charge < -0.3 is 9.64 Å². The molecule has 1 aromatic carbocycles. The molecule has 2 N–H and O–H groups in total. The van der Waals surface area contributed by atoms with Crippen LogP contribution in [0.25, 0.3) is 0 Å². The Bertz CT molecular complexity index is 836. The molecule has 0 unspecified atom stereocenters. The molecule has 9 heteroatoms. The third-order valence-corrected chi connectivity index (χ3v) is 5.42. The van der Waals surface area contributed by atoms with Crippen LogP contribution in [0.3, 0.4) is 0 Å². The number of rotatable bonds is 6.